The largest absolute Gasteiger partial charge is 0.368 e. The van der Waals surface area contributed by atoms with E-state index < -0.39 is 6.04 Å². The Labute approximate surface area is 202 Å². The Morgan fingerprint density at radius 1 is 1.12 bits per heavy atom. The van der Waals surface area contributed by atoms with E-state index in [-0.39, 0.29) is 17.9 Å². The summed E-state index contributed by atoms with van der Waals surface area (Å²) in [7, 11) is 3.72. The molecule has 1 aromatic heterocycles. The third-order valence-corrected chi connectivity index (χ3v) is 7.10. The van der Waals surface area contributed by atoms with Gasteiger partial charge in [-0.25, -0.2) is 0 Å². The first-order valence-corrected chi connectivity index (χ1v) is 12.3. The lowest BCUT2D eigenvalue weighted by Gasteiger charge is -2.30. The third-order valence-electron chi connectivity index (χ3n) is 7.10. The minimum atomic E-state index is -0.522. The van der Waals surface area contributed by atoms with Gasteiger partial charge in [-0.2, -0.15) is 0 Å². The van der Waals surface area contributed by atoms with Gasteiger partial charge in [-0.3, -0.25) is 19.5 Å². The lowest BCUT2D eigenvalue weighted by molar-refractivity contribution is -0.139. The van der Waals surface area contributed by atoms with Gasteiger partial charge < -0.3 is 15.0 Å². The van der Waals surface area contributed by atoms with Gasteiger partial charge in [0, 0.05) is 44.3 Å². The average Bonchev–Trinajstić information content (AvgIpc) is 3.51. The fourth-order valence-electron chi connectivity index (χ4n) is 4.85. The molecule has 7 heteroatoms. The number of carbonyl (C=O) groups is 2. The Morgan fingerprint density at radius 3 is 2.65 bits per heavy atom. The van der Waals surface area contributed by atoms with Gasteiger partial charge in [0.2, 0.25) is 5.91 Å². The number of aromatic nitrogens is 1. The number of amides is 2. The molecule has 1 saturated heterocycles. The van der Waals surface area contributed by atoms with Crippen LogP contribution in [0.15, 0.2) is 30.5 Å². The number of nitrogens with one attached hydrogen (secondary N) is 1. The Hall–Kier alpha value is -2.77. The molecule has 182 valence electrons. The molecule has 4 rings (SSSR count). The highest BCUT2D eigenvalue weighted by Crippen LogP contribution is 2.27. The van der Waals surface area contributed by atoms with E-state index in [4.69, 9.17) is 4.74 Å². The highest BCUT2D eigenvalue weighted by atomic mass is 16.5. The SMILES string of the molecule is Cc1cc(C(C(=O)Nc2ccc3c(c2)CCC3)N(C)CCN(C)C(=O)[C@@H]2CCCO2)cnc1C. The second kappa shape index (κ2) is 10.7. The fourth-order valence-corrected chi connectivity index (χ4v) is 4.85. The summed E-state index contributed by atoms with van der Waals surface area (Å²) in [5, 5.41) is 3.13. The molecule has 0 saturated carbocycles. The molecule has 1 aromatic carbocycles. The summed E-state index contributed by atoms with van der Waals surface area (Å²) in [6, 6.07) is 7.73. The molecule has 1 aliphatic heterocycles. The minimum Gasteiger partial charge on any atom is -0.368 e. The molecular weight excluding hydrogens is 428 g/mol. The van der Waals surface area contributed by atoms with Crippen molar-refractivity contribution in [2.24, 2.45) is 0 Å². The Kier molecular flexibility index (Phi) is 7.63. The van der Waals surface area contributed by atoms with E-state index in [9.17, 15) is 9.59 Å². The van der Waals surface area contributed by atoms with Crippen LogP contribution in [0.4, 0.5) is 5.69 Å². The van der Waals surface area contributed by atoms with Gasteiger partial charge in [0.25, 0.3) is 5.91 Å². The predicted octanol–water partition coefficient (Wildman–Crippen LogP) is 3.44. The van der Waals surface area contributed by atoms with Gasteiger partial charge >= 0.3 is 0 Å². The number of likely N-dealkylation sites (N-methyl/N-ethyl adjacent to an activating group) is 2. The molecule has 2 atom stereocenters. The first-order chi connectivity index (χ1) is 16.3. The van der Waals surface area contributed by atoms with Gasteiger partial charge in [0.05, 0.1) is 0 Å². The molecule has 0 spiro atoms. The number of hydrogen-bond donors (Lipinski definition) is 1. The van der Waals surface area contributed by atoms with Crippen molar-refractivity contribution in [3.8, 4) is 0 Å². The molecule has 1 unspecified atom stereocenters. The summed E-state index contributed by atoms with van der Waals surface area (Å²) in [5.74, 6) is -0.0866. The second-order valence-corrected chi connectivity index (χ2v) is 9.64. The van der Waals surface area contributed by atoms with Crippen LogP contribution in [0.5, 0.6) is 0 Å². The van der Waals surface area contributed by atoms with Crippen molar-refractivity contribution in [2.75, 3.05) is 39.1 Å². The minimum absolute atomic E-state index is 0.0119. The smallest absolute Gasteiger partial charge is 0.251 e. The van der Waals surface area contributed by atoms with Crippen LogP contribution in [0.3, 0.4) is 0 Å². The van der Waals surface area contributed by atoms with Crippen molar-refractivity contribution in [3.63, 3.8) is 0 Å². The number of carbonyl (C=O) groups excluding carboxylic acids is 2. The Morgan fingerprint density at radius 2 is 1.91 bits per heavy atom. The summed E-state index contributed by atoms with van der Waals surface area (Å²) < 4.78 is 5.54. The highest BCUT2D eigenvalue weighted by molar-refractivity contribution is 5.95. The average molecular weight is 465 g/mol. The monoisotopic (exact) mass is 464 g/mol. The third kappa shape index (κ3) is 5.47. The van der Waals surface area contributed by atoms with Gasteiger partial charge in [-0.15, -0.1) is 0 Å². The molecule has 2 heterocycles. The predicted molar refractivity (Wildman–Crippen MR) is 133 cm³/mol. The van der Waals surface area contributed by atoms with Crippen LogP contribution in [0, 0.1) is 13.8 Å². The van der Waals surface area contributed by atoms with Crippen molar-refractivity contribution in [1.29, 1.82) is 0 Å². The van der Waals surface area contributed by atoms with Crippen LogP contribution < -0.4 is 5.32 Å². The normalized spacial score (nSPS) is 18.1. The molecular formula is C27H36N4O3. The van der Waals surface area contributed by atoms with E-state index in [2.05, 4.69) is 22.4 Å². The lowest BCUT2D eigenvalue weighted by Crippen LogP contribution is -2.43. The maximum atomic E-state index is 13.6. The number of nitrogens with zero attached hydrogens (tertiary/aromatic N) is 3. The zero-order chi connectivity index (χ0) is 24.2. The zero-order valence-corrected chi connectivity index (χ0v) is 20.8. The Balaban J connectivity index is 1.49. The number of pyridine rings is 1. The second-order valence-electron chi connectivity index (χ2n) is 9.64. The van der Waals surface area contributed by atoms with Crippen molar-refractivity contribution in [3.05, 3.63) is 58.4 Å². The van der Waals surface area contributed by atoms with E-state index in [1.807, 2.05) is 37.9 Å². The van der Waals surface area contributed by atoms with E-state index in [1.165, 1.54) is 17.5 Å². The van der Waals surface area contributed by atoms with E-state index in [1.54, 1.807) is 18.1 Å². The van der Waals surface area contributed by atoms with Gasteiger partial charge in [-0.1, -0.05) is 12.1 Å². The van der Waals surface area contributed by atoms with Crippen molar-refractivity contribution >= 4 is 17.5 Å². The number of aryl methyl sites for hydroxylation is 4. The van der Waals surface area contributed by atoms with Gasteiger partial charge in [0.15, 0.2) is 0 Å². The molecule has 2 aromatic rings. The topological polar surface area (TPSA) is 74.8 Å². The first kappa shape index (κ1) is 24.4. The van der Waals surface area contributed by atoms with E-state index >= 15 is 0 Å². The number of benzene rings is 1. The molecule has 34 heavy (non-hydrogen) atoms. The van der Waals surface area contributed by atoms with Crippen molar-refractivity contribution in [2.45, 2.75) is 58.1 Å². The van der Waals surface area contributed by atoms with Crippen LogP contribution in [0.1, 0.15) is 53.3 Å². The van der Waals surface area contributed by atoms with E-state index in [0.717, 1.165) is 48.2 Å². The number of anilines is 1. The standard InChI is InChI=1S/C27H36N4O3/c1-18-15-22(17-28-19(18)2)25(26(32)29-23-11-10-20-7-5-8-21(20)16-23)30(3)12-13-31(4)27(33)24-9-6-14-34-24/h10-11,15-17,24-25H,5-9,12-14H2,1-4H3,(H,29,32)/t24-,25?/m0/s1. The fraction of sp³-hybridized carbons (Fsp3) is 0.519. The highest BCUT2D eigenvalue weighted by Gasteiger charge is 2.29. The summed E-state index contributed by atoms with van der Waals surface area (Å²) >= 11 is 0. The van der Waals surface area contributed by atoms with Crippen molar-refractivity contribution in [1.82, 2.24) is 14.8 Å². The summed E-state index contributed by atoms with van der Waals surface area (Å²) in [6.45, 7) is 5.68. The molecule has 2 amide bonds. The Bertz CT molecular complexity index is 1050. The molecule has 1 N–H and O–H groups in total. The van der Waals surface area contributed by atoms with Gasteiger partial charge in [-0.05, 0) is 87.4 Å². The van der Waals surface area contributed by atoms with Crippen LogP contribution in [0.25, 0.3) is 0 Å². The summed E-state index contributed by atoms with van der Waals surface area (Å²) in [6.07, 6.45) is 6.50. The molecule has 0 radical (unpaired) electrons. The maximum Gasteiger partial charge on any atom is 0.251 e. The molecule has 1 aliphatic carbocycles. The molecule has 7 nitrogen and oxygen atoms in total. The van der Waals surface area contributed by atoms with Crippen LogP contribution in [-0.4, -0.2) is 66.5 Å². The quantitative estimate of drug-likeness (QED) is 0.648. The summed E-state index contributed by atoms with van der Waals surface area (Å²) in [4.78, 5) is 34.4. The zero-order valence-electron chi connectivity index (χ0n) is 20.8. The van der Waals surface area contributed by atoms with Crippen LogP contribution in [0.2, 0.25) is 0 Å². The molecule has 1 fully saturated rings. The first-order valence-electron chi connectivity index (χ1n) is 12.3. The molecule has 2 aliphatic rings. The van der Waals surface area contributed by atoms with Crippen molar-refractivity contribution < 1.29 is 14.3 Å². The summed E-state index contributed by atoms with van der Waals surface area (Å²) in [5.41, 5.74) is 6.37. The number of ether oxygens (including phenoxy) is 1. The number of hydrogen-bond acceptors (Lipinski definition) is 5. The van der Waals surface area contributed by atoms with E-state index in [0.29, 0.717) is 19.7 Å². The van der Waals surface area contributed by atoms with Crippen LogP contribution in [-0.2, 0) is 27.2 Å². The molecule has 0 bridgehead atoms. The van der Waals surface area contributed by atoms with Gasteiger partial charge in [0.1, 0.15) is 12.1 Å². The lowest BCUT2D eigenvalue weighted by atomic mass is 10.0. The number of fused-ring (bicyclic) bond motifs is 1. The van der Waals surface area contributed by atoms with Crippen LogP contribution >= 0.6 is 0 Å². The number of rotatable bonds is 8. The maximum absolute atomic E-state index is 13.6.